The minimum absolute atomic E-state index is 0.000591. The summed E-state index contributed by atoms with van der Waals surface area (Å²) in [4.78, 5) is 38.8. The third-order valence-electron chi connectivity index (χ3n) is 16.8. The third-order valence-corrected chi connectivity index (χ3v) is 18.6. The van der Waals surface area contributed by atoms with E-state index in [9.17, 15) is 8.42 Å². The number of aromatic nitrogens is 8. The van der Waals surface area contributed by atoms with E-state index in [-0.39, 0.29) is 10.6 Å². The number of fused-ring (bicyclic) bond motifs is 20. The molecule has 5 heterocycles. The van der Waals surface area contributed by atoms with E-state index in [1.165, 1.54) is 51.4 Å². The zero-order valence-corrected chi connectivity index (χ0v) is 51.8. The highest BCUT2D eigenvalue weighted by Gasteiger charge is 2.25. The van der Waals surface area contributed by atoms with Gasteiger partial charge in [0.25, 0.3) is 0 Å². The van der Waals surface area contributed by atoms with Crippen LogP contribution < -0.4 is 10.6 Å². The quantitative estimate of drug-likeness (QED) is 0.0271. The van der Waals surface area contributed by atoms with Crippen LogP contribution in [0.4, 0.5) is 0 Å². The summed E-state index contributed by atoms with van der Waals surface area (Å²) in [5, 5.41) is 10.4. The van der Waals surface area contributed by atoms with Crippen LogP contribution in [0.25, 0.3) is 89.7 Å². The Morgan fingerprint density at radius 3 is 1.30 bits per heavy atom. The molecule has 2 aliphatic heterocycles. The van der Waals surface area contributed by atoms with Gasteiger partial charge in [0, 0.05) is 96.5 Å². The average Bonchev–Trinajstić information content (AvgIpc) is 3.17. The van der Waals surface area contributed by atoms with Gasteiger partial charge in [-0.05, 0) is 117 Å². The second-order valence-corrected chi connectivity index (χ2v) is 25.3. The average molecular weight is 1160 g/mol. The number of hydrogen-bond donors (Lipinski definition) is 4. The second kappa shape index (κ2) is 31.4. The van der Waals surface area contributed by atoms with Gasteiger partial charge < -0.3 is 34.8 Å². The first-order chi connectivity index (χ1) is 41.1. The molecule has 4 N–H and O–H groups in total. The van der Waals surface area contributed by atoms with Gasteiger partial charge in [-0.25, -0.2) is 38.3 Å². The first kappa shape index (κ1) is 62.5. The maximum atomic E-state index is 14.2. The number of hydrogen-bond acceptors (Lipinski definition) is 13. The molecule has 3 aromatic heterocycles. The number of rotatable bonds is 36. The summed E-state index contributed by atoms with van der Waals surface area (Å²) in [5.41, 5.74) is 7.64. The summed E-state index contributed by atoms with van der Waals surface area (Å²) in [6, 6.07) is 26.0. The maximum absolute atomic E-state index is 14.2. The van der Waals surface area contributed by atoms with Crippen molar-refractivity contribution in [2.24, 2.45) is 17.8 Å². The maximum Gasteiger partial charge on any atom is 0.178 e. The van der Waals surface area contributed by atoms with Gasteiger partial charge in [0.1, 0.15) is 22.6 Å². The summed E-state index contributed by atoms with van der Waals surface area (Å²) in [6.45, 7) is 20.7. The van der Waals surface area contributed by atoms with Gasteiger partial charge in [0.2, 0.25) is 0 Å². The van der Waals surface area contributed by atoms with E-state index in [1.807, 2.05) is 30.3 Å². The Morgan fingerprint density at radius 1 is 0.440 bits per heavy atom. The Morgan fingerprint density at radius 2 is 0.857 bits per heavy atom. The van der Waals surface area contributed by atoms with E-state index in [0.29, 0.717) is 114 Å². The summed E-state index contributed by atoms with van der Waals surface area (Å²) < 4.78 is 46.7. The number of nitrogens with one attached hydrogen (secondary N) is 4. The molecule has 0 saturated heterocycles. The minimum Gasteiger partial charge on any atom is -0.381 e. The lowest BCUT2D eigenvalue weighted by molar-refractivity contribution is 0.0919. The first-order valence-corrected chi connectivity index (χ1v) is 33.5. The van der Waals surface area contributed by atoms with E-state index in [4.69, 9.17) is 44.1 Å². The van der Waals surface area contributed by atoms with E-state index in [1.54, 1.807) is 12.1 Å². The number of ether oxygens (including phenoxy) is 3. The van der Waals surface area contributed by atoms with Crippen molar-refractivity contribution in [3.63, 3.8) is 0 Å². The zero-order chi connectivity index (χ0) is 58.7. The van der Waals surface area contributed by atoms with Crippen molar-refractivity contribution in [2.75, 3.05) is 58.5 Å². The van der Waals surface area contributed by atoms with E-state index in [0.717, 1.165) is 122 Å². The fourth-order valence-electron chi connectivity index (χ4n) is 11.4. The second-order valence-electron chi connectivity index (χ2n) is 23.2. The van der Waals surface area contributed by atoms with Crippen LogP contribution in [0.15, 0.2) is 83.8 Å². The SMILES string of the molecule is CCCCC(CC)COCCCCS(=O)(=O)c1ccc2c3nc4nc(nc5[nH]c(nc6nc(nc([nH]3)c2c1)-c1ccc(CNCCCOCC(CC)CCCC)cc1-6)c1ccccc51)-c1ccc(CNCCCOCC(CC)CCCC)cc1-4. The summed E-state index contributed by atoms with van der Waals surface area (Å²) in [7, 11) is -3.69. The molecular weight excluding hydrogens is 1070 g/mol. The number of aromatic amines is 2. The lowest BCUT2D eigenvalue weighted by Crippen LogP contribution is -2.17. The molecular formula is C68H92N10O5S. The van der Waals surface area contributed by atoms with Crippen molar-refractivity contribution in [3.05, 3.63) is 90.0 Å². The van der Waals surface area contributed by atoms with Gasteiger partial charge in [-0.15, -0.1) is 0 Å². The first-order valence-electron chi connectivity index (χ1n) is 31.8. The number of unbranched alkanes of at least 4 members (excludes halogenated alkanes) is 4. The molecule has 7 aromatic rings. The van der Waals surface area contributed by atoms with E-state index < -0.39 is 9.84 Å². The largest absolute Gasteiger partial charge is 0.381 e. The van der Waals surface area contributed by atoms with Crippen LogP contribution in [0, 0.1) is 17.8 Å². The van der Waals surface area contributed by atoms with Crippen LogP contribution in [-0.2, 0) is 37.1 Å². The molecule has 8 bridgehead atoms. The highest BCUT2D eigenvalue weighted by atomic mass is 32.2. The molecule has 9 rings (SSSR count). The van der Waals surface area contributed by atoms with Crippen LogP contribution in [0.2, 0.25) is 0 Å². The standard InChI is InChI=1S/C68H92N10O5S/c1-7-13-22-47(10-4)44-81-35-18-19-38-84(79,80)52-29-32-57-60(41-52)68-77-64-56-31-28-51(43-70-34-21-37-83-46-49(12-6)24-15-9-3)40-59(56)66(75-64)73-62-54-26-17-16-25-53(54)61(71-62)72-63-55-30-27-50(39-58(55)67(74-63)76-65(57)78-68)42-69-33-20-36-82-45-48(11-5)23-14-8-2/h16-17,25-32,39-41,47-49,69-70H,7-15,18-24,33-38,42-46H2,1-6H3,(H2,71,72,73,74,75,76,77,78). The molecule has 3 unspecified atom stereocenters. The Labute approximate surface area is 498 Å². The molecule has 0 radical (unpaired) electrons. The number of benzene rings is 4. The normalized spacial score (nSPS) is 13.4. The molecule has 0 saturated carbocycles. The lowest BCUT2D eigenvalue weighted by atomic mass is 10.0. The van der Waals surface area contributed by atoms with Crippen molar-refractivity contribution in [1.29, 1.82) is 0 Å². The number of H-pyrrole nitrogens is 2. The summed E-state index contributed by atoms with van der Waals surface area (Å²) >= 11 is 0. The minimum atomic E-state index is -3.69. The van der Waals surface area contributed by atoms with Crippen molar-refractivity contribution in [2.45, 2.75) is 162 Å². The number of nitrogens with zero attached hydrogens (tertiary/aromatic N) is 6. The Bertz CT molecular complexity index is 3510. The fraction of sp³-hybridized carbons (Fsp3) is 0.529. The van der Waals surface area contributed by atoms with Crippen molar-refractivity contribution in [1.82, 2.24) is 50.5 Å². The predicted molar refractivity (Wildman–Crippen MR) is 342 cm³/mol. The van der Waals surface area contributed by atoms with E-state index >= 15 is 0 Å². The van der Waals surface area contributed by atoms with Gasteiger partial charge in [0.05, 0.1) is 10.6 Å². The van der Waals surface area contributed by atoms with Gasteiger partial charge >= 0.3 is 0 Å². The third kappa shape index (κ3) is 16.3. The molecule has 16 heteroatoms. The molecule has 84 heavy (non-hydrogen) atoms. The molecule has 0 spiro atoms. The molecule has 4 aromatic carbocycles. The van der Waals surface area contributed by atoms with Crippen molar-refractivity contribution in [3.8, 4) is 45.6 Å². The molecule has 3 atom stereocenters. The molecule has 450 valence electrons. The van der Waals surface area contributed by atoms with Crippen LogP contribution >= 0.6 is 0 Å². The summed E-state index contributed by atoms with van der Waals surface area (Å²) in [6.07, 6.45) is 17.3. The molecule has 0 amide bonds. The predicted octanol–water partition coefficient (Wildman–Crippen LogP) is 15.1. The van der Waals surface area contributed by atoms with Crippen LogP contribution in [0.5, 0.6) is 0 Å². The Balaban J connectivity index is 1.06. The molecule has 0 fully saturated rings. The lowest BCUT2D eigenvalue weighted by Gasteiger charge is -2.14. The van der Waals surface area contributed by atoms with Crippen LogP contribution in [0.1, 0.15) is 155 Å². The van der Waals surface area contributed by atoms with Gasteiger partial charge in [-0.1, -0.05) is 148 Å². The van der Waals surface area contributed by atoms with Crippen molar-refractivity contribution >= 4 is 54.0 Å². The molecule has 15 nitrogen and oxygen atoms in total. The zero-order valence-electron chi connectivity index (χ0n) is 51.0. The van der Waals surface area contributed by atoms with Gasteiger partial charge in [-0.2, -0.15) is 0 Å². The Hall–Kier alpha value is -6.01. The fourth-order valence-corrected chi connectivity index (χ4v) is 12.7. The smallest absolute Gasteiger partial charge is 0.178 e. The summed E-state index contributed by atoms with van der Waals surface area (Å²) in [5.74, 6) is 3.72. The van der Waals surface area contributed by atoms with Crippen LogP contribution in [0.3, 0.4) is 0 Å². The highest BCUT2D eigenvalue weighted by Crippen LogP contribution is 2.38. The highest BCUT2D eigenvalue weighted by molar-refractivity contribution is 7.91. The topological polar surface area (TPSA) is 195 Å². The molecule has 0 aliphatic carbocycles. The van der Waals surface area contributed by atoms with Crippen molar-refractivity contribution < 1.29 is 22.6 Å². The molecule has 2 aliphatic rings. The van der Waals surface area contributed by atoms with Gasteiger partial charge in [-0.3, -0.25) is 0 Å². The Kier molecular flexibility index (Phi) is 23.4. The van der Waals surface area contributed by atoms with Crippen LogP contribution in [-0.4, -0.2) is 107 Å². The monoisotopic (exact) mass is 1160 g/mol. The number of sulfone groups is 1. The van der Waals surface area contributed by atoms with Gasteiger partial charge in [0.15, 0.2) is 33.1 Å². The van der Waals surface area contributed by atoms with E-state index in [2.05, 4.69) is 98.5 Å².